The van der Waals surface area contributed by atoms with E-state index in [0.29, 0.717) is 30.7 Å². The molecule has 3 aromatic rings. The summed E-state index contributed by atoms with van der Waals surface area (Å²) in [6, 6.07) is 7.95. The van der Waals surface area contributed by atoms with Crippen LogP contribution in [-0.4, -0.2) is 40.5 Å². The summed E-state index contributed by atoms with van der Waals surface area (Å²) in [7, 11) is 1.67. The first-order valence-corrected chi connectivity index (χ1v) is 8.15. The zero-order valence-electron chi connectivity index (χ0n) is 13.9. The Labute approximate surface area is 145 Å². The molecular weight excluding hydrogens is 320 g/mol. The van der Waals surface area contributed by atoms with E-state index in [0.717, 1.165) is 24.2 Å². The quantitative estimate of drug-likeness (QED) is 0.723. The molecule has 0 bridgehead atoms. The fourth-order valence-electron chi connectivity index (χ4n) is 3.29. The van der Waals surface area contributed by atoms with Crippen LogP contribution in [0.2, 0.25) is 0 Å². The van der Waals surface area contributed by atoms with Crippen molar-refractivity contribution in [3.63, 3.8) is 0 Å². The number of hydrogen-bond acceptors (Lipinski definition) is 7. The molecule has 3 heterocycles. The Bertz CT molecular complexity index is 844. The molecule has 128 valence electrons. The summed E-state index contributed by atoms with van der Waals surface area (Å²) in [5.74, 6) is 1.73. The third kappa shape index (κ3) is 2.76. The van der Waals surface area contributed by atoms with E-state index in [1.54, 1.807) is 25.7 Å². The molecule has 0 radical (unpaired) electrons. The Morgan fingerprint density at radius 2 is 1.92 bits per heavy atom. The third-order valence-corrected chi connectivity index (χ3v) is 4.59. The van der Waals surface area contributed by atoms with Gasteiger partial charge < -0.3 is 13.9 Å². The van der Waals surface area contributed by atoms with Crippen molar-refractivity contribution in [2.75, 3.05) is 20.3 Å². The number of rotatable bonds is 4. The van der Waals surface area contributed by atoms with Gasteiger partial charge in [-0.25, -0.2) is 4.98 Å². The topological polar surface area (TPSA) is 83.2 Å². The largest absolute Gasteiger partial charge is 0.496 e. The van der Waals surface area contributed by atoms with Gasteiger partial charge in [-0.2, -0.15) is 0 Å². The van der Waals surface area contributed by atoms with Crippen LogP contribution in [0.15, 0.2) is 47.3 Å². The maximum Gasteiger partial charge on any atom is 0.267 e. The summed E-state index contributed by atoms with van der Waals surface area (Å²) in [5.41, 5.74) is 1.16. The molecule has 1 aromatic carbocycles. The molecule has 1 aliphatic heterocycles. The number of hydrogen-bond donors (Lipinski definition) is 0. The van der Waals surface area contributed by atoms with E-state index < -0.39 is 5.41 Å². The van der Waals surface area contributed by atoms with Gasteiger partial charge in [0, 0.05) is 31.2 Å². The fourth-order valence-corrected chi connectivity index (χ4v) is 3.29. The van der Waals surface area contributed by atoms with Gasteiger partial charge in [-0.1, -0.05) is 18.2 Å². The molecule has 0 N–H and O–H groups in total. The third-order valence-electron chi connectivity index (χ3n) is 4.59. The van der Waals surface area contributed by atoms with Crippen molar-refractivity contribution in [1.82, 2.24) is 20.2 Å². The predicted octanol–water partition coefficient (Wildman–Crippen LogP) is 2.63. The van der Waals surface area contributed by atoms with Crippen molar-refractivity contribution < 1.29 is 13.9 Å². The monoisotopic (exact) mass is 338 g/mol. The van der Waals surface area contributed by atoms with Crippen molar-refractivity contribution in [2.45, 2.75) is 18.3 Å². The Kier molecular flexibility index (Phi) is 4.15. The van der Waals surface area contributed by atoms with Crippen molar-refractivity contribution in [3.8, 4) is 17.3 Å². The number of benzene rings is 1. The lowest BCUT2D eigenvalue weighted by Crippen LogP contribution is -2.35. The SMILES string of the molecule is COc1ccccc1C1(c2nnc(-c3cnccn3)o2)CCOCC1. The van der Waals surface area contributed by atoms with E-state index in [-0.39, 0.29) is 0 Å². The van der Waals surface area contributed by atoms with Gasteiger partial charge in [-0.05, 0) is 18.9 Å². The summed E-state index contributed by atoms with van der Waals surface area (Å²) < 4.78 is 17.2. The second-order valence-corrected chi connectivity index (χ2v) is 5.90. The van der Waals surface area contributed by atoms with Crippen molar-refractivity contribution in [1.29, 1.82) is 0 Å². The highest BCUT2D eigenvalue weighted by Crippen LogP contribution is 2.44. The number of methoxy groups -OCH3 is 1. The van der Waals surface area contributed by atoms with E-state index >= 15 is 0 Å². The van der Waals surface area contributed by atoms with Crippen LogP contribution in [0.5, 0.6) is 5.75 Å². The molecule has 7 heteroatoms. The van der Waals surface area contributed by atoms with Gasteiger partial charge in [0.05, 0.1) is 18.7 Å². The normalized spacial score (nSPS) is 16.5. The van der Waals surface area contributed by atoms with E-state index in [9.17, 15) is 0 Å². The maximum absolute atomic E-state index is 6.03. The highest BCUT2D eigenvalue weighted by atomic mass is 16.5. The molecule has 1 aliphatic rings. The molecule has 4 rings (SSSR count). The standard InChI is InChI=1S/C18H18N4O3/c1-23-15-5-3-2-4-13(15)18(6-10-24-11-7-18)17-22-21-16(25-17)14-12-19-8-9-20-14/h2-5,8-9,12H,6-7,10-11H2,1H3. The number of ether oxygens (including phenoxy) is 2. The molecule has 0 aliphatic carbocycles. The highest BCUT2D eigenvalue weighted by molar-refractivity contribution is 5.46. The number of nitrogens with zero attached hydrogens (tertiary/aromatic N) is 4. The van der Waals surface area contributed by atoms with Gasteiger partial charge in [0.2, 0.25) is 5.89 Å². The van der Waals surface area contributed by atoms with Crippen LogP contribution >= 0.6 is 0 Å². The lowest BCUT2D eigenvalue weighted by Gasteiger charge is -2.35. The van der Waals surface area contributed by atoms with Crippen molar-refractivity contribution in [3.05, 3.63) is 54.3 Å². The van der Waals surface area contributed by atoms with Gasteiger partial charge >= 0.3 is 0 Å². The molecule has 0 saturated carbocycles. The molecule has 1 saturated heterocycles. The van der Waals surface area contributed by atoms with E-state index in [1.807, 2.05) is 18.2 Å². The van der Waals surface area contributed by atoms with E-state index in [1.165, 1.54) is 0 Å². The average Bonchev–Trinajstić information content (AvgIpc) is 3.20. The zero-order valence-corrected chi connectivity index (χ0v) is 13.9. The average molecular weight is 338 g/mol. The Morgan fingerprint density at radius 1 is 1.08 bits per heavy atom. The Morgan fingerprint density at radius 3 is 2.68 bits per heavy atom. The van der Waals surface area contributed by atoms with Crippen LogP contribution in [0.25, 0.3) is 11.6 Å². The van der Waals surface area contributed by atoms with Crippen LogP contribution in [0.3, 0.4) is 0 Å². The van der Waals surface area contributed by atoms with Gasteiger partial charge in [-0.15, -0.1) is 10.2 Å². The van der Waals surface area contributed by atoms with Crippen LogP contribution in [0.4, 0.5) is 0 Å². The summed E-state index contributed by atoms with van der Waals surface area (Å²) >= 11 is 0. The highest BCUT2D eigenvalue weighted by Gasteiger charge is 2.43. The fraction of sp³-hybridized carbons (Fsp3) is 0.333. The molecule has 2 aromatic heterocycles. The van der Waals surface area contributed by atoms with Crippen LogP contribution in [0, 0.1) is 0 Å². The molecule has 0 amide bonds. The zero-order chi connectivity index (χ0) is 17.1. The minimum Gasteiger partial charge on any atom is -0.496 e. The van der Waals surface area contributed by atoms with Crippen molar-refractivity contribution in [2.24, 2.45) is 0 Å². The molecule has 0 atom stereocenters. The lowest BCUT2D eigenvalue weighted by atomic mass is 9.73. The molecule has 0 unspecified atom stereocenters. The van der Waals surface area contributed by atoms with Gasteiger partial charge in [0.25, 0.3) is 5.89 Å². The first-order valence-electron chi connectivity index (χ1n) is 8.15. The first-order chi connectivity index (χ1) is 12.3. The smallest absolute Gasteiger partial charge is 0.267 e. The van der Waals surface area contributed by atoms with Crippen LogP contribution in [-0.2, 0) is 10.2 Å². The Balaban J connectivity index is 1.82. The molecular formula is C18H18N4O3. The molecule has 1 fully saturated rings. The minimum atomic E-state index is -0.432. The van der Waals surface area contributed by atoms with Gasteiger partial charge in [0.15, 0.2) is 0 Å². The molecule has 25 heavy (non-hydrogen) atoms. The van der Waals surface area contributed by atoms with Crippen LogP contribution in [0.1, 0.15) is 24.3 Å². The molecule has 0 spiro atoms. The van der Waals surface area contributed by atoms with Gasteiger partial charge in [-0.3, -0.25) is 4.98 Å². The number of aromatic nitrogens is 4. The predicted molar refractivity (Wildman–Crippen MR) is 89.2 cm³/mol. The molecule has 7 nitrogen and oxygen atoms in total. The van der Waals surface area contributed by atoms with Crippen molar-refractivity contribution >= 4 is 0 Å². The summed E-state index contributed by atoms with van der Waals surface area (Å²) in [6.07, 6.45) is 6.31. The Hall–Kier alpha value is -2.80. The number of para-hydroxylation sites is 1. The summed E-state index contributed by atoms with van der Waals surface area (Å²) in [6.45, 7) is 1.25. The van der Waals surface area contributed by atoms with E-state index in [2.05, 4.69) is 26.2 Å². The summed E-state index contributed by atoms with van der Waals surface area (Å²) in [4.78, 5) is 8.28. The van der Waals surface area contributed by atoms with E-state index in [4.69, 9.17) is 13.9 Å². The second kappa shape index (κ2) is 6.60. The first kappa shape index (κ1) is 15.7. The van der Waals surface area contributed by atoms with Crippen LogP contribution < -0.4 is 4.74 Å². The minimum absolute atomic E-state index is 0.365. The summed E-state index contributed by atoms with van der Waals surface area (Å²) in [5, 5.41) is 8.53. The maximum atomic E-state index is 6.03. The van der Waals surface area contributed by atoms with Gasteiger partial charge in [0.1, 0.15) is 11.4 Å². The lowest BCUT2D eigenvalue weighted by molar-refractivity contribution is 0.0538. The second-order valence-electron chi connectivity index (χ2n) is 5.90.